The molecule has 122 valence electrons. The van der Waals surface area contributed by atoms with Gasteiger partial charge in [0.05, 0.1) is 5.92 Å². The Hall–Kier alpha value is -2.69. The van der Waals surface area contributed by atoms with Gasteiger partial charge in [0, 0.05) is 44.1 Å². The second-order valence-corrected chi connectivity index (χ2v) is 6.41. The molecule has 3 heterocycles. The van der Waals surface area contributed by atoms with Gasteiger partial charge in [-0.15, -0.1) is 0 Å². The summed E-state index contributed by atoms with van der Waals surface area (Å²) in [5.74, 6) is -0.129. The van der Waals surface area contributed by atoms with Crippen LogP contribution >= 0.6 is 0 Å². The highest BCUT2D eigenvalue weighted by Crippen LogP contribution is 2.30. The normalized spacial score (nSPS) is 19.7. The lowest BCUT2D eigenvalue weighted by molar-refractivity contribution is -0.128. The van der Waals surface area contributed by atoms with Gasteiger partial charge >= 0.3 is 0 Å². The number of hydrogen-bond donors (Lipinski definition) is 0. The van der Waals surface area contributed by atoms with Crippen molar-refractivity contribution in [3.05, 3.63) is 59.9 Å². The Kier molecular flexibility index (Phi) is 3.76. The molecule has 5 nitrogen and oxygen atoms in total. The van der Waals surface area contributed by atoms with Crippen molar-refractivity contribution in [1.82, 2.24) is 9.88 Å². The largest absolute Gasteiger partial charge is 0.338 e. The Morgan fingerprint density at radius 3 is 2.88 bits per heavy atom. The molecule has 0 bridgehead atoms. The van der Waals surface area contributed by atoms with E-state index in [0.717, 1.165) is 23.2 Å². The number of anilines is 1. The van der Waals surface area contributed by atoms with E-state index in [4.69, 9.17) is 0 Å². The first kappa shape index (κ1) is 14.9. The smallest absolute Gasteiger partial charge is 0.232 e. The highest BCUT2D eigenvalue weighted by atomic mass is 16.2. The molecule has 0 radical (unpaired) electrons. The average molecular weight is 321 g/mol. The molecule has 1 fully saturated rings. The molecule has 2 aliphatic heterocycles. The molecule has 24 heavy (non-hydrogen) atoms. The first-order valence-electron chi connectivity index (χ1n) is 8.28. The van der Waals surface area contributed by atoms with Gasteiger partial charge in [-0.2, -0.15) is 0 Å². The number of nitrogens with zero attached hydrogens (tertiary/aromatic N) is 3. The quantitative estimate of drug-likeness (QED) is 0.869. The number of rotatable bonds is 3. The van der Waals surface area contributed by atoms with E-state index in [1.54, 1.807) is 11.1 Å². The molecule has 2 aromatic rings. The lowest BCUT2D eigenvalue weighted by Crippen LogP contribution is -2.36. The molecule has 0 spiro atoms. The van der Waals surface area contributed by atoms with Crippen LogP contribution in [0.2, 0.25) is 0 Å². The maximum atomic E-state index is 12.9. The average Bonchev–Trinajstić information content (AvgIpc) is 3.19. The number of carbonyl (C=O) groups excluding carboxylic acids is 2. The summed E-state index contributed by atoms with van der Waals surface area (Å²) < 4.78 is 0. The molecule has 2 amide bonds. The Morgan fingerprint density at radius 2 is 2.04 bits per heavy atom. The van der Waals surface area contributed by atoms with Crippen LogP contribution in [0.5, 0.6) is 0 Å². The van der Waals surface area contributed by atoms with Crippen molar-refractivity contribution in [2.45, 2.75) is 19.4 Å². The fourth-order valence-electron chi connectivity index (χ4n) is 3.57. The number of pyridine rings is 1. The number of benzene rings is 1. The standard InChI is InChI=1S/C19H19N3O2/c23-18-10-16(13-21(18)12-14-4-2-1-3-5-14)19(24)22-9-7-15-11-20-8-6-17(15)22/h1-6,8,11,16H,7,9-10,12-13H2. The Labute approximate surface area is 140 Å². The minimum absolute atomic E-state index is 0.0591. The first-order chi connectivity index (χ1) is 11.7. The molecular formula is C19H19N3O2. The van der Waals surface area contributed by atoms with Gasteiger partial charge in [0.2, 0.25) is 11.8 Å². The van der Waals surface area contributed by atoms with Gasteiger partial charge in [-0.05, 0) is 23.6 Å². The van der Waals surface area contributed by atoms with Crippen molar-refractivity contribution in [1.29, 1.82) is 0 Å². The summed E-state index contributed by atoms with van der Waals surface area (Å²) in [4.78, 5) is 32.9. The van der Waals surface area contributed by atoms with Gasteiger partial charge < -0.3 is 9.80 Å². The number of amides is 2. The predicted molar refractivity (Wildman–Crippen MR) is 90.3 cm³/mol. The molecule has 1 saturated heterocycles. The number of likely N-dealkylation sites (tertiary alicyclic amines) is 1. The van der Waals surface area contributed by atoms with Crippen molar-refractivity contribution >= 4 is 17.5 Å². The number of fused-ring (bicyclic) bond motifs is 1. The maximum Gasteiger partial charge on any atom is 0.232 e. The van der Waals surface area contributed by atoms with Crippen LogP contribution in [0.1, 0.15) is 17.5 Å². The lowest BCUT2D eigenvalue weighted by Gasteiger charge is -2.21. The molecular weight excluding hydrogens is 302 g/mol. The third kappa shape index (κ3) is 2.66. The predicted octanol–water partition coefficient (Wildman–Crippen LogP) is 2.02. The highest BCUT2D eigenvalue weighted by molar-refractivity contribution is 6.00. The van der Waals surface area contributed by atoms with Gasteiger partial charge in [-0.1, -0.05) is 30.3 Å². The van der Waals surface area contributed by atoms with Gasteiger partial charge in [0.1, 0.15) is 0 Å². The van der Waals surface area contributed by atoms with E-state index in [2.05, 4.69) is 4.98 Å². The highest BCUT2D eigenvalue weighted by Gasteiger charge is 2.38. The fraction of sp³-hybridized carbons (Fsp3) is 0.316. The number of carbonyl (C=O) groups is 2. The van der Waals surface area contributed by atoms with E-state index in [0.29, 0.717) is 26.1 Å². The Morgan fingerprint density at radius 1 is 1.21 bits per heavy atom. The lowest BCUT2D eigenvalue weighted by atomic mass is 10.1. The van der Waals surface area contributed by atoms with E-state index < -0.39 is 0 Å². The SMILES string of the molecule is O=C1CC(C(=O)N2CCc3cnccc32)CN1Cc1ccccc1. The van der Waals surface area contributed by atoms with Crippen LogP contribution in [0.15, 0.2) is 48.8 Å². The van der Waals surface area contributed by atoms with E-state index >= 15 is 0 Å². The number of hydrogen-bond acceptors (Lipinski definition) is 3. The minimum atomic E-state index is -0.250. The number of aromatic nitrogens is 1. The van der Waals surface area contributed by atoms with E-state index in [9.17, 15) is 9.59 Å². The second kappa shape index (κ2) is 6.07. The molecule has 1 unspecified atom stereocenters. The molecule has 0 aliphatic carbocycles. The van der Waals surface area contributed by atoms with Crippen LogP contribution in [0.25, 0.3) is 0 Å². The Bertz CT molecular complexity index is 775. The monoisotopic (exact) mass is 321 g/mol. The molecule has 1 aromatic heterocycles. The van der Waals surface area contributed by atoms with Crippen molar-refractivity contribution in [2.24, 2.45) is 5.92 Å². The Balaban J connectivity index is 1.46. The fourth-order valence-corrected chi connectivity index (χ4v) is 3.57. The third-order valence-electron chi connectivity index (χ3n) is 4.82. The van der Waals surface area contributed by atoms with Crippen LogP contribution in [-0.2, 0) is 22.6 Å². The van der Waals surface area contributed by atoms with Gasteiger partial charge in [-0.25, -0.2) is 0 Å². The first-order valence-corrected chi connectivity index (χ1v) is 8.28. The van der Waals surface area contributed by atoms with Crippen molar-refractivity contribution in [3.63, 3.8) is 0 Å². The van der Waals surface area contributed by atoms with Crippen molar-refractivity contribution < 1.29 is 9.59 Å². The van der Waals surface area contributed by atoms with Crippen LogP contribution in [0, 0.1) is 5.92 Å². The summed E-state index contributed by atoms with van der Waals surface area (Å²) >= 11 is 0. The maximum absolute atomic E-state index is 12.9. The molecule has 5 heteroatoms. The summed E-state index contributed by atoms with van der Waals surface area (Å²) in [6.45, 7) is 1.76. The van der Waals surface area contributed by atoms with E-state index in [1.165, 1.54) is 0 Å². The minimum Gasteiger partial charge on any atom is -0.338 e. The summed E-state index contributed by atoms with van der Waals surface area (Å²) in [5, 5.41) is 0. The van der Waals surface area contributed by atoms with E-state index in [1.807, 2.05) is 47.5 Å². The summed E-state index contributed by atoms with van der Waals surface area (Å²) in [6.07, 6.45) is 4.68. The summed E-state index contributed by atoms with van der Waals surface area (Å²) in [7, 11) is 0. The van der Waals surface area contributed by atoms with Crippen LogP contribution in [-0.4, -0.2) is 34.8 Å². The van der Waals surface area contributed by atoms with Crippen LogP contribution in [0.4, 0.5) is 5.69 Å². The molecule has 1 atom stereocenters. The zero-order chi connectivity index (χ0) is 16.5. The van der Waals surface area contributed by atoms with Gasteiger partial charge in [0.15, 0.2) is 0 Å². The third-order valence-corrected chi connectivity index (χ3v) is 4.82. The molecule has 4 rings (SSSR count). The van der Waals surface area contributed by atoms with Gasteiger partial charge in [0.25, 0.3) is 0 Å². The summed E-state index contributed by atoms with van der Waals surface area (Å²) in [6, 6.07) is 11.8. The zero-order valence-corrected chi connectivity index (χ0v) is 13.4. The topological polar surface area (TPSA) is 53.5 Å². The van der Waals surface area contributed by atoms with Crippen LogP contribution in [0.3, 0.4) is 0 Å². The van der Waals surface area contributed by atoms with Crippen LogP contribution < -0.4 is 4.90 Å². The van der Waals surface area contributed by atoms with Crippen molar-refractivity contribution in [2.75, 3.05) is 18.0 Å². The molecule has 0 saturated carbocycles. The molecule has 0 N–H and O–H groups in total. The van der Waals surface area contributed by atoms with E-state index in [-0.39, 0.29) is 17.7 Å². The summed E-state index contributed by atoms with van der Waals surface area (Å²) in [5.41, 5.74) is 3.15. The second-order valence-electron chi connectivity index (χ2n) is 6.41. The van der Waals surface area contributed by atoms with Gasteiger partial charge in [-0.3, -0.25) is 14.6 Å². The molecule has 2 aliphatic rings. The molecule has 1 aromatic carbocycles. The van der Waals surface area contributed by atoms with Crippen molar-refractivity contribution in [3.8, 4) is 0 Å². The zero-order valence-electron chi connectivity index (χ0n) is 13.4.